The van der Waals surface area contributed by atoms with E-state index in [9.17, 15) is 16.8 Å². The molecule has 1 atom stereocenters. The number of H-pyrrole nitrogens is 1. The zero-order valence-corrected chi connectivity index (χ0v) is 20.4. The summed E-state index contributed by atoms with van der Waals surface area (Å²) in [4.78, 5) is 2.96. The third kappa shape index (κ3) is 3.96. The second kappa shape index (κ2) is 8.38. The first-order valence-corrected chi connectivity index (χ1v) is 13.7. The van der Waals surface area contributed by atoms with E-state index >= 15 is 0 Å². The third-order valence-corrected chi connectivity index (χ3v) is 9.51. The SMILES string of the molecule is Cc1ccc(NS(=O)(=O)c2ccc(S(=O)(=O)N3CCC(n4ccnn4)C3)cc2)c2[nH]cc(Cl)c12. The van der Waals surface area contributed by atoms with E-state index in [1.54, 1.807) is 35.4 Å². The van der Waals surface area contributed by atoms with Crippen LogP contribution in [0.15, 0.2) is 64.8 Å². The Morgan fingerprint density at radius 2 is 1.82 bits per heavy atom. The molecule has 0 radical (unpaired) electrons. The smallest absolute Gasteiger partial charge is 0.261 e. The van der Waals surface area contributed by atoms with Gasteiger partial charge in [0.05, 0.1) is 38.3 Å². The van der Waals surface area contributed by atoms with Crippen LogP contribution in [0.5, 0.6) is 0 Å². The number of aromatic amines is 1. The van der Waals surface area contributed by atoms with E-state index in [0.29, 0.717) is 29.2 Å². The predicted octanol–water partition coefficient (Wildman–Crippen LogP) is 3.16. The van der Waals surface area contributed by atoms with Gasteiger partial charge < -0.3 is 4.98 Å². The summed E-state index contributed by atoms with van der Waals surface area (Å²) < 4.78 is 57.7. The fraction of sp³-hybridized carbons (Fsp3) is 0.238. The van der Waals surface area contributed by atoms with Gasteiger partial charge in [-0.15, -0.1) is 5.10 Å². The Bertz CT molecular complexity index is 1570. The molecule has 1 unspecified atom stereocenters. The summed E-state index contributed by atoms with van der Waals surface area (Å²) in [5, 5.41) is 8.95. The number of rotatable bonds is 6. The summed E-state index contributed by atoms with van der Waals surface area (Å²) in [5.41, 5.74) is 1.83. The summed E-state index contributed by atoms with van der Waals surface area (Å²) in [6, 6.07) is 8.53. The Hall–Kier alpha value is -2.93. The second-order valence-electron chi connectivity index (χ2n) is 8.08. The van der Waals surface area contributed by atoms with Gasteiger partial charge in [0.15, 0.2) is 0 Å². The molecule has 2 N–H and O–H groups in total. The van der Waals surface area contributed by atoms with Gasteiger partial charge in [0, 0.05) is 30.9 Å². The van der Waals surface area contributed by atoms with Crippen molar-refractivity contribution in [3.8, 4) is 0 Å². The van der Waals surface area contributed by atoms with Crippen molar-refractivity contribution in [1.82, 2.24) is 24.3 Å². The topological polar surface area (TPSA) is 130 Å². The molecule has 10 nitrogen and oxygen atoms in total. The van der Waals surface area contributed by atoms with Gasteiger partial charge in [-0.05, 0) is 49.2 Å². The van der Waals surface area contributed by atoms with Crippen LogP contribution in [0, 0.1) is 6.92 Å². The number of hydrogen-bond donors (Lipinski definition) is 2. The fourth-order valence-corrected chi connectivity index (χ4v) is 7.02. The van der Waals surface area contributed by atoms with Crippen molar-refractivity contribution in [2.45, 2.75) is 29.2 Å². The van der Waals surface area contributed by atoms with Crippen molar-refractivity contribution in [2.75, 3.05) is 17.8 Å². The first kappa shape index (κ1) is 22.8. The minimum absolute atomic E-state index is 0.0274. The molecule has 1 saturated heterocycles. The highest BCUT2D eigenvalue weighted by molar-refractivity contribution is 7.92. The van der Waals surface area contributed by atoms with E-state index in [1.807, 2.05) is 6.92 Å². The number of anilines is 1. The van der Waals surface area contributed by atoms with E-state index in [4.69, 9.17) is 11.6 Å². The van der Waals surface area contributed by atoms with Crippen LogP contribution in [0.25, 0.3) is 10.9 Å². The molecule has 5 rings (SSSR count). The Balaban J connectivity index is 1.37. The molecule has 3 heterocycles. The number of aryl methyl sites for hydroxylation is 1. The maximum absolute atomic E-state index is 13.1. The van der Waals surface area contributed by atoms with Gasteiger partial charge in [0.2, 0.25) is 10.0 Å². The highest BCUT2D eigenvalue weighted by atomic mass is 35.5. The number of nitrogens with one attached hydrogen (secondary N) is 2. The molecule has 0 aliphatic carbocycles. The van der Waals surface area contributed by atoms with Crippen LogP contribution in [0.3, 0.4) is 0 Å². The molecule has 34 heavy (non-hydrogen) atoms. The highest BCUT2D eigenvalue weighted by Crippen LogP contribution is 2.33. The lowest BCUT2D eigenvalue weighted by Gasteiger charge is -2.17. The van der Waals surface area contributed by atoms with Gasteiger partial charge in [-0.2, -0.15) is 4.31 Å². The van der Waals surface area contributed by atoms with Crippen molar-refractivity contribution in [3.05, 3.63) is 65.6 Å². The number of nitrogens with zero attached hydrogens (tertiary/aromatic N) is 4. The van der Waals surface area contributed by atoms with Gasteiger partial charge in [0.1, 0.15) is 0 Å². The van der Waals surface area contributed by atoms with Crippen LogP contribution >= 0.6 is 11.6 Å². The van der Waals surface area contributed by atoms with Gasteiger partial charge in [-0.25, -0.2) is 21.5 Å². The van der Waals surface area contributed by atoms with Crippen LogP contribution in [0.4, 0.5) is 5.69 Å². The molecule has 0 amide bonds. The largest absolute Gasteiger partial charge is 0.358 e. The van der Waals surface area contributed by atoms with Gasteiger partial charge >= 0.3 is 0 Å². The Kier molecular flexibility index (Phi) is 5.63. The van der Waals surface area contributed by atoms with Gasteiger partial charge in [-0.1, -0.05) is 22.9 Å². The third-order valence-electron chi connectivity index (χ3n) is 5.95. The molecule has 1 aliphatic heterocycles. The minimum Gasteiger partial charge on any atom is -0.358 e. The Morgan fingerprint density at radius 3 is 2.53 bits per heavy atom. The molecule has 2 aromatic heterocycles. The lowest BCUT2D eigenvalue weighted by atomic mass is 10.1. The monoisotopic (exact) mass is 520 g/mol. The van der Waals surface area contributed by atoms with Crippen molar-refractivity contribution < 1.29 is 16.8 Å². The normalized spacial score (nSPS) is 17.4. The molecule has 2 aromatic carbocycles. The summed E-state index contributed by atoms with van der Waals surface area (Å²) in [6.45, 7) is 2.50. The Labute approximate surface area is 201 Å². The number of fused-ring (bicyclic) bond motifs is 1. The summed E-state index contributed by atoms with van der Waals surface area (Å²) in [7, 11) is -7.75. The van der Waals surface area contributed by atoms with Crippen LogP contribution < -0.4 is 4.72 Å². The zero-order chi connectivity index (χ0) is 24.1. The average Bonchev–Trinajstić information content (AvgIpc) is 3.57. The molecular weight excluding hydrogens is 500 g/mol. The maximum Gasteiger partial charge on any atom is 0.261 e. The molecule has 4 aromatic rings. The van der Waals surface area contributed by atoms with Crippen LogP contribution in [-0.4, -0.2) is 54.2 Å². The molecule has 178 valence electrons. The Morgan fingerprint density at radius 1 is 1.09 bits per heavy atom. The number of sulfonamides is 2. The van der Waals surface area contributed by atoms with Gasteiger partial charge in [-0.3, -0.25) is 4.72 Å². The predicted molar refractivity (Wildman–Crippen MR) is 128 cm³/mol. The fourth-order valence-electron chi connectivity index (χ4n) is 4.16. The average molecular weight is 521 g/mol. The standard InChI is InChI=1S/C21H21ClN6O4S2/c1-14-2-7-19(21-20(14)18(22)12-23-21)25-33(29,30)16-3-5-17(6-4-16)34(31,32)27-10-8-15(13-27)28-11-9-24-26-28/h2-7,9,11-12,15,23,25H,8,10,13H2,1H3. The maximum atomic E-state index is 13.1. The quantitative estimate of drug-likeness (QED) is 0.401. The van der Waals surface area contributed by atoms with Crippen molar-refractivity contribution in [3.63, 3.8) is 0 Å². The first-order chi connectivity index (χ1) is 16.2. The zero-order valence-electron chi connectivity index (χ0n) is 18.0. The van der Waals surface area contributed by atoms with Crippen molar-refractivity contribution in [1.29, 1.82) is 0 Å². The number of benzene rings is 2. The van der Waals surface area contributed by atoms with Crippen LogP contribution in [0.2, 0.25) is 5.02 Å². The van der Waals surface area contributed by atoms with Crippen LogP contribution in [0.1, 0.15) is 18.0 Å². The number of hydrogen-bond acceptors (Lipinski definition) is 6. The molecule has 0 bridgehead atoms. The molecule has 0 saturated carbocycles. The summed E-state index contributed by atoms with van der Waals surface area (Å²) in [5.74, 6) is 0. The molecule has 0 spiro atoms. The molecule has 1 aliphatic rings. The lowest BCUT2D eigenvalue weighted by Crippen LogP contribution is -2.29. The molecular formula is C21H21ClN6O4S2. The second-order valence-corrected chi connectivity index (χ2v) is 12.1. The van der Waals surface area contributed by atoms with Crippen molar-refractivity contribution in [2.24, 2.45) is 0 Å². The highest BCUT2D eigenvalue weighted by Gasteiger charge is 2.34. The first-order valence-electron chi connectivity index (χ1n) is 10.4. The molecule has 13 heteroatoms. The number of halogens is 1. The molecule has 1 fully saturated rings. The lowest BCUT2D eigenvalue weighted by molar-refractivity contribution is 0.428. The van der Waals surface area contributed by atoms with E-state index in [-0.39, 0.29) is 22.4 Å². The minimum atomic E-state index is -3.97. The number of aromatic nitrogens is 4. The summed E-state index contributed by atoms with van der Waals surface area (Å²) >= 11 is 6.21. The van der Waals surface area contributed by atoms with E-state index in [1.165, 1.54) is 28.6 Å². The van der Waals surface area contributed by atoms with Crippen molar-refractivity contribution >= 4 is 48.2 Å². The van der Waals surface area contributed by atoms with Gasteiger partial charge in [0.25, 0.3) is 10.0 Å². The van der Waals surface area contributed by atoms with E-state index in [2.05, 4.69) is 20.0 Å². The summed E-state index contributed by atoms with van der Waals surface area (Å²) in [6.07, 6.45) is 5.47. The van der Waals surface area contributed by atoms with E-state index in [0.717, 1.165) is 10.9 Å². The van der Waals surface area contributed by atoms with Crippen LogP contribution in [-0.2, 0) is 20.0 Å². The van der Waals surface area contributed by atoms with E-state index < -0.39 is 20.0 Å².